The van der Waals surface area contributed by atoms with Crippen molar-refractivity contribution in [1.82, 2.24) is 0 Å². The highest BCUT2D eigenvalue weighted by atomic mass is 17.2. The lowest BCUT2D eigenvalue weighted by Crippen LogP contribution is -2.01. The Bertz CT molecular complexity index is 336. The zero-order valence-electron chi connectivity index (χ0n) is 10.2. The van der Waals surface area contributed by atoms with Crippen LogP contribution in [-0.4, -0.2) is 21.3 Å². The van der Waals surface area contributed by atoms with Crippen molar-refractivity contribution in [3.8, 4) is 17.2 Å². The van der Waals surface area contributed by atoms with Crippen molar-refractivity contribution in [2.75, 3.05) is 21.3 Å². The lowest BCUT2D eigenvalue weighted by Gasteiger charge is -2.14. The molecule has 0 saturated carbocycles. The number of aryl methyl sites for hydroxylation is 1. The summed E-state index contributed by atoms with van der Waals surface area (Å²) in [6, 6.07) is 3.82. The van der Waals surface area contributed by atoms with E-state index in [0.29, 0.717) is 17.2 Å². The summed E-state index contributed by atoms with van der Waals surface area (Å²) in [7, 11) is 4.64. The van der Waals surface area contributed by atoms with Crippen LogP contribution in [0.4, 0.5) is 0 Å². The van der Waals surface area contributed by atoms with Gasteiger partial charge in [-0.1, -0.05) is 19.4 Å². The maximum atomic E-state index is 5.28. The Balaban J connectivity index is 3.20. The van der Waals surface area contributed by atoms with Crippen LogP contribution in [0.5, 0.6) is 17.2 Å². The zero-order chi connectivity index (χ0) is 12.0. The molecule has 0 aromatic heterocycles. The van der Waals surface area contributed by atoms with Crippen molar-refractivity contribution in [1.29, 1.82) is 0 Å². The van der Waals surface area contributed by atoms with Crippen LogP contribution >= 0.6 is 0 Å². The van der Waals surface area contributed by atoms with Crippen LogP contribution in [0.2, 0.25) is 0 Å². The second kappa shape index (κ2) is 6.23. The molecule has 16 heavy (non-hydrogen) atoms. The Kier molecular flexibility index (Phi) is 4.92. The Hall–Kier alpha value is -1.42. The molecule has 0 aliphatic carbocycles. The van der Waals surface area contributed by atoms with E-state index in [0.717, 1.165) is 18.4 Å². The van der Waals surface area contributed by atoms with E-state index in [9.17, 15) is 0 Å². The summed E-state index contributed by atoms with van der Waals surface area (Å²) >= 11 is 0. The Labute approximate surface area is 96.0 Å². The van der Waals surface area contributed by atoms with Crippen LogP contribution in [0, 0.1) is 0 Å². The molecule has 4 heteroatoms. The first-order valence-electron chi connectivity index (χ1n) is 5.23. The van der Waals surface area contributed by atoms with Crippen LogP contribution in [0.15, 0.2) is 12.1 Å². The third-order valence-corrected chi connectivity index (χ3v) is 2.27. The number of benzene rings is 1. The van der Waals surface area contributed by atoms with E-state index < -0.39 is 0 Å². The summed E-state index contributed by atoms with van der Waals surface area (Å²) < 4.78 is 10.5. The summed E-state index contributed by atoms with van der Waals surface area (Å²) in [6.07, 6.45) is 1.93. The molecule has 0 heterocycles. The lowest BCUT2D eigenvalue weighted by atomic mass is 10.1. The van der Waals surface area contributed by atoms with Gasteiger partial charge in [0, 0.05) is 5.56 Å². The molecule has 0 N–H and O–H groups in total. The van der Waals surface area contributed by atoms with Crippen LogP contribution in [0.25, 0.3) is 0 Å². The minimum absolute atomic E-state index is 0.565. The predicted octanol–water partition coefficient (Wildman–Crippen LogP) is 2.60. The highest BCUT2D eigenvalue weighted by Gasteiger charge is 2.16. The largest absolute Gasteiger partial charge is 0.493 e. The standard InChI is InChI=1S/C12H18O4/c1-5-6-9-7-8-10(13-2)12(14-3)11(9)16-15-4/h7-8H,5-6H2,1-4H3. The van der Waals surface area contributed by atoms with Crippen LogP contribution in [-0.2, 0) is 11.3 Å². The van der Waals surface area contributed by atoms with Crippen molar-refractivity contribution >= 4 is 0 Å². The molecule has 0 atom stereocenters. The number of methoxy groups -OCH3 is 2. The fourth-order valence-corrected chi connectivity index (χ4v) is 1.58. The van der Waals surface area contributed by atoms with E-state index in [1.807, 2.05) is 12.1 Å². The highest BCUT2D eigenvalue weighted by molar-refractivity contribution is 5.55. The van der Waals surface area contributed by atoms with Crippen molar-refractivity contribution in [2.45, 2.75) is 19.8 Å². The van der Waals surface area contributed by atoms with Crippen molar-refractivity contribution in [3.63, 3.8) is 0 Å². The molecule has 0 bridgehead atoms. The van der Waals surface area contributed by atoms with E-state index in [4.69, 9.17) is 19.2 Å². The average Bonchev–Trinajstić information content (AvgIpc) is 2.31. The number of rotatable bonds is 6. The van der Waals surface area contributed by atoms with E-state index in [-0.39, 0.29) is 0 Å². The Morgan fingerprint density at radius 3 is 2.25 bits per heavy atom. The molecule has 0 spiro atoms. The van der Waals surface area contributed by atoms with E-state index in [1.54, 1.807) is 14.2 Å². The molecule has 1 aromatic rings. The predicted molar refractivity (Wildman–Crippen MR) is 61.2 cm³/mol. The van der Waals surface area contributed by atoms with Gasteiger partial charge in [-0.05, 0) is 12.5 Å². The molecule has 0 unspecified atom stereocenters. The van der Waals surface area contributed by atoms with Gasteiger partial charge in [-0.3, -0.25) is 0 Å². The fourth-order valence-electron chi connectivity index (χ4n) is 1.58. The number of hydrogen-bond donors (Lipinski definition) is 0. The minimum Gasteiger partial charge on any atom is -0.493 e. The number of hydrogen-bond acceptors (Lipinski definition) is 4. The van der Waals surface area contributed by atoms with E-state index in [1.165, 1.54) is 7.11 Å². The molecule has 4 nitrogen and oxygen atoms in total. The van der Waals surface area contributed by atoms with Gasteiger partial charge < -0.3 is 14.4 Å². The molecular weight excluding hydrogens is 208 g/mol. The summed E-state index contributed by atoms with van der Waals surface area (Å²) in [4.78, 5) is 9.87. The molecule has 90 valence electrons. The van der Waals surface area contributed by atoms with Gasteiger partial charge >= 0.3 is 0 Å². The van der Waals surface area contributed by atoms with Crippen LogP contribution < -0.4 is 14.4 Å². The molecule has 1 aromatic carbocycles. The normalized spacial score (nSPS) is 10.0. The summed E-state index contributed by atoms with van der Waals surface area (Å²) in [5.41, 5.74) is 1.04. The average molecular weight is 226 g/mol. The molecule has 0 saturated heterocycles. The lowest BCUT2D eigenvalue weighted by molar-refractivity contribution is -0.179. The molecule has 0 radical (unpaired) electrons. The zero-order valence-corrected chi connectivity index (χ0v) is 10.2. The fraction of sp³-hybridized carbons (Fsp3) is 0.500. The monoisotopic (exact) mass is 226 g/mol. The molecule has 0 amide bonds. The van der Waals surface area contributed by atoms with Gasteiger partial charge in [-0.2, -0.15) is 4.89 Å². The first kappa shape index (κ1) is 12.6. The molecule has 0 aliphatic heterocycles. The highest BCUT2D eigenvalue weighted by Crippen LogP contribution is 2.40. The molecule has 0 fully saturated rings. The SMILES string of the molecule is CCCc1ccc(OC)c(OC)c1OOC. The van der Waals surface area contributed by atoms with Crippen LogP contribution in [0.3, 0.4) is 0 Å². The number of ether oxygens (including phenoxy) is 2. The third kappa shape index (κ3) is 2.58. The smallest absolute Gasteiger partial charge is 0.214 e. The van der Waals surface area contributed by atoms with Gasteiger partial charge in [0.1, 0.15) is 0 Å². The van der Waals surface area contributed by atoms with Gasteiger partial charge in [0.2, 0.25) is 11.5 Å². The van der Waals surface area contributed by atoms with Gasteiger partial charge in [-0.25, -0.2) is 0 Å². The topological polar surface area (TPSA) is 36.9 Å². The van der Waals surface area contributed by atoms with Crippen molar-refractivity contribution in [3.05, 3.63) is 17.7 Å². The van der Waals surface area contributed by atoms with Gasteiger partial charge in [-0.15, -0.1) is 0 Å². The molecule has 0 aliphatic rings. The van der Waals surface area contributed by atoms with Crippen molar-refractivity contribution < 1.29 is 19.2 Å². The van der Waals surface area contributed by atoms with Gasteiger partial charge in [0.25, 0.3) is 0 Å². The van der Waals surface area contributed by atoms with Crippen LogP contribution in [0.1, 0.15) is 18.9 Å². The second-order valence-electron chi connectivity index (χ2n) is 3.29. The van der Waals surface area contributed by atoms with E-state index >= 15 is 0 Å². The van der Waals surface area contributed by atoms with Gasteiger partial charge in [0.15, 0.2) is 5.75 Å². The Morgan fingerprint density at radius 1 is 1.00 bits per heavy atom. The summed E-state index contributed by atoms with van der Waals surface area (Å²) in [6.45, 7) is 2.10. The first-order valence-corrected chi connectivity index (χ1v) is 5.23. The third-order valence-electron chi connectivity index (χ3n) is 2.27. The first-order chi connectivity index (χ1) is 7.78. The van der Waals surface area contributed by atoms with Crippen molar-refractivity contribution in [2.24, 2.45) is 0 Å². The maximum Gasteiger partial charge on any atom is 0.214 e. The maximum absolute atomic E-state index is 5.28. The van der Waals surface area contributed by atoms with E-state index in [2.05, 4.69) is 6.92 Å². The molecular formula is C12H18O4. The molecule has 1 rings (SSSR count). The quantitative estimate of drug-likeness (QED) is 0.552. The van der Waals surface area contributed by atoms with Gasteiger partial charge in [0.05, 0.1) is 21.3 Å². The second-order valence-corrected chi connectivity index (χ2v) is 3.29. The Morgan fingerprint density at radius 2 is 1.75 bits per heavy atom. The summed E-state index contributed by atoms with van der Waals surface area (Å²) in [5.74, 6) is 1.79. The minimum atomic E-state index is 0.565. The summed E-state index contributed by atoms with van der Waals surface area (Å²) in [5, 5.41) is 0.